The van der Waals surface area contributed by atoms with E-state index in [9.17, 15) is 18.0 Å². The number of carbonyl (C=O) groups excluding carboxylic acids is 1. The first-order valence-electron chi connectivity index (χ1n) is 12.5. The highest BCUT2D eigenvalue weighted by Crippen LogP contribution is 2.29. The highest BCUT2D eigenvalue weighted by molar-refractivity contribution is 5.95. The molecule has 3 nitrogen and oxygen atoms in total. The van der Waals surface area contributed by atoms with Crippen molar-refractivity contribution in [1.29, 1.82) is 0 Å². The van der Waals surface area contributed by atoms with E-state index in [1.165, 1.54) is 5.56 Å². The molecule has 0 bridgehead atoms. The maximum absolute atomic E-state index is 13.5. The van der Waals surface area contributed by atoms with Crippen LogP contribution >= 0.6 is 0 Å². The van der Waals surface area contributed by atoms with E-state index in [1.54, 1.807) is 12.1 Å². The molecule has 36 heavy (non-hydrogen) atoms. The van der Waals surface area contributed by atoms with E-state index < -0.39 is 11.7 Å². The summed E-state index contributed by atoms with van der Waals surface area (Å²) in [6.07, 6.45) is -1.20. The van der Waals surface area contributed by atoms with Crippen LogP contribution in [0.1, 0.15) is 51.0 Å². The fraction of sp³-hybridized carbons (Fsp3) is 0.367. The number of hydrogen-bond donors (Lipinski definition) is 1. The molecule has 3 aromatic rings. The quantitative estimate of drug-likeness (QED) is 0.414. The van der Waals surface area contributed by atoms with Crippen molar-refractivity contribution in [1.82, 2.24) is 10.2 Å². The second-order valence-corrected chi connectivity index (χ2v) is 9.84. The summed E-state index contributed by atoms with van der Waals surface area (Å²) in [6, 6.07) is 21.9. The number of amides is 1. The number of benzene rings is 3. The second-order valence-electron chi connectivity index (χ2n) is 9.84. The predicted molar refractivity (Wildman–Crippen MR) is 137 cm³/mol. The Labute approximate surface area is 211 Å². The normalized spacial score (nSPS) is 18.3. The van der Waals surface area contributed by atoms with Crippen LogP contribution in [0, 0.1) is 13.8 Å². The van der Waals surface area contributed by atoms with Crippen molar-refractivity contribution in [2.45, 2.75) is 57.8 Å². The molecule has 1 N–H and O–H groups in total. The van der Waals surface area contributed by atoms with Gasteiger partial charge in [-0.15, -0.1) is 0 Å². The van der Waals surface area contributed by atoms with E-state index in [0.717, 1.165) is 53.6 Å². The van der Waals surface area contributed by atoms with Gasteiger partial charge in [-0.3, -0.25) is 4.79 Å². The van der Waals surface area contributed by atoms with Crippen LogP contribution in [0.2, 0.25) is 0 Å². The third-order valence-electron chi connectivity index (χ3n) is 6.89. The minimum Gasteiger partial charge on any atom is -0.335 e. The summed E-state index contributed by atoms with van der Waals surface area (Å²) in [7, 11) is 0. The molecule has 1 saturated heterocycles. The number of likely N-dealkylation sites (tertiary alicyclic amines) is 1. The van der Waals surface area contributed by atoms with Crippen molar-refractivity contribution >= 4 is 5.91 Å². The smallest absolute Gasteiger partial charge is 0.335 e. The lowest BCUT2D eigenvalue weighted by Gasteiger charge is -2.40. The molecule has 0 saturated carbocycles. The number of nitrogens with one attached hydrogen (secondary N) is 1. The number of piperidine rings is 1. The van der Waals surface area contributed by atoms with Gasteiger partial charge >= 0.3 is 6.18 Å². The van der Waals surface area contributed by atoms with Crippen molar-refractivity contribution in [2.24, 2.45) is 0 Å². The van der Waals surface area contributed by atoms with Crippen molar-refractivity contribution in [3.05, 3.63) is 106 Å². The van der Waals surface area contributed by atoms with Gasteiger partial charge in [0, 0.05) is 24.2 Å². The molecule has 1 fully saturated rings. The molecule has 0 aliphatic carbocycles. The van der Waals surface area contributed by atoms with E-state index in [4.69, 9.17) is 0 Å². The number of nitrogens with zero attached hydrogens (tertiary/aromatic N) is 1. The van der Waals surface area contributed by atoms with E-state index in [2.05, 4.69) is 23.5 Å². The fourth-order valence-electron chi connectivity index (χ4n) is 5.13. The Morgan fingerprint density at radius 2 is 1.61 bits per heavy atom. The monoisotopic (exact) mass is 494 g/mol. The molecule has 1 heterocycles. The van der Waals surface area contributed by atoms with Crippen LogP contribution in [0.4, 0.5) is 13.2 Å². The number of halogens is 3. The van der Waals surface area contributed by atoms with Gasteiger partial charge in [0.15, 0.2) is 0 Å². The van der Waals surface area contributed by atoms with E-state index in [1.807, 2.05) is 49.1 Å². The van der Waals surface area contributed by atoms with Crippen LogP contribution in [-0.4, -0.2) is 36.0 Å². The molecule has 1 aliphatic rings. The minimum absolute atomic E-state index is 0.0676. The van der Waals surface area contributed by atoms with Crippen LogP contribution in [0.5, 0.6) is 0 Å². The summed E-state index contributed by atoms with van der Waals surface area (Å²) >= 11 is 0. The Balaban J connectivity index is 1.41. The number of aryl methyl sites for hydroxylation is 2. The maximum Gasteiger partial charge on any atom is 0.416 e. The molecule has 0 aromatic heterocycles. The third-order valence-corrected chi connectivity index (χ3v) is 6.89. The van der Waals surface area contributed by atoms with Crippen molar-refractivity contribution in [3.63, 3.8) is 0 Å². The van der Waals surface area contributed by atoms with Gasteiger partial charge in [0.1, 0.15) is 0 Å². The number of carbonyl (C=O) groups is 1. The lowest BCUT2D eigenvalue weighted by molar-refractivity contribution is -0.137. The van der Waals surface area contributed by atoms with Crippen LogP contribution in [0.3, 0.4) is 0 Å². The molecule has 1 aliphatic heterocycles. The molecule has 1 amide bonds. The Hall–Kier alpha value is -3.12. The van der Waals surface area contributed by atoms with E-state index in [0.29, 0.717) is 19.5 Å². The summed E-state index contributed by atoms with van der Waals surface area (Å²) in [5.41, 5.74) is 4.35. The molecule has 3 aromatic carbocycles. The van der Waals surface area contributed by atoms with Gasteiger partial charge in [0.25, 0.3) is 5.91 Å². The molecular formula is C30H33F3N2O. The van der Waals surface area contributed by atoms with Gasteiger partial charge in [-0.05, 0) is 81.5 Å². The number of alkyl halides is 3. The first-order chi connectivity index (χ1) is 17.2. The van der Waals surface area contributed by atoms with E-state index >= 15 is 0 Å². The number of hydrogen-bond acceptors (Lipinski definition) is 2. The van der Waals surface area contributed by atoms with Crippen LogP contribution in [0.25, 0.3) is 0 Å². The Morgan fingerprint density at radius 1 is 0.944 bits per heavy atom. The zero-order valence-electron chi connectivity index (χ0n) is 20.8. The lowest BCUT2D eigenvalue weighted by atomic mass is 9.91. The average Bonchev–Trinajstić information content (AvgIpc) is 2.84. The van der Waals surface area contributed by atoms with Crippen LogP contribution in [-0.2, 0) is 19.0 Å². The van der Waals surface area contributed by atoms with Gasteiger partial charge < -0.3 is 10.2 Å². The van der Waals surface area contributed by atoms with Crippen molar-refractivity contribution < 1.29 is 18.0 Å². The predicted octanol–water partition coefficient (Wildman–Crippen LogP) is 6.37. The maximum atomic E-state index is 13.5. The number of rotatable bonds is 7. The first-order valence-corrected chi connectivity index (χ1v) is 12.5. The molecule has 0 unspecified atom stereocenters. The zero-order valence-corrected chi connectivity index (χ0v) is 20.8. The largest absolute Gasteiger partial charge is 0.416 e. The standard InChI is InChI=1S/C30H33F3N2O/c1-21-16-22(2)18-25(17-21)29(36)35-15-13-27(20-28(35)19-24-6-4-3-5-7-24)34-14-12-23-8-10-26(11-9-23)30(31,32)33/h3-11,16-18,27-28,34H,12-15,19-20H2,1-2H3/t27-,28-/m0/s1. The molecule has 0 radical (unpaired) electrons. The molecule has 6 heteroatoms. The molecule has 0 spiro atoms. The van der Waals surface area contributed by atoms with Gasteiger partial charge in [-0.1, -0.05) is 59.7 Å². The van der Waals surface area contributed by atoms with Gasteiger partial charge in [0.05, 0.1) is 5.56 Å². The lowest BCUT2D eigenvalue weighted by Crippen LogP contribution is -2.52. The fourth-order valence-corrected chi connectivity index (χ4v) is 5.13. The molecule has 190 valence electrons. The Kier molecular flexibility index (Phi) is 8.14. The average molecular weight is 495 g/mol. The summed E-state index contributed by atoms with van der Waals surface area (Å²) in [5.74, 6) is 0.0749. The summed E-state index contributed by atoms with van der Waals surface area (Å²) in [5, 5.41) is 3.59. The summed E-state index contributed by atoms with van der Waals surface area (Å²) in [4.78, 5) is 15.6. The molecular weight excluding hydrogens is 461 g/mol. The van der Waals surface area contributed by atoms with Crippen LogP contribution in [0.15, 0.2) is 72.8 Å². The SMILES string of the molecule is Cc1cc(C)cc(C(=O)N2CC[C@H](NCCc3ccc(C(F)(F)F)cc3)C[C@@H]2Cc2ccccc2)c1. The third kappa shape index (κ3) is 6.76. The van der Waals surface area contributed by atoms with Crippen molar-refractivity contribution in [2.75, 3.05) is 13.1 Å². The molecule has 4 rings (SSSR count). The molecule has 2 atom stereocenters. The van der Waals surface area contributed by atoms with E-state index in [-0.39, 0.29) is 18.0 Å². The van der Waals surface area contributed by atoms with Gasteiger partial charge in [0.2, 0.25) is 0 Å². The topological polar surface area (TPSA) is 32.3 Å². The second kappa shape index (κ2) is 11.3. The zero-order chi connectivity index (χ0) is 25.7. The highest BCUT2D eigenvalue weighted by atomic mass is 19.4. The van der Waals surface area contributed by atoms with Crippen molar-refractivity contribution in [3.8, 4) is 0 Å². The summed E-state index contributed by atoms with van der Waals surface area (Å²) < 4.78 is 38.4. The Morgan fingerprint density at radius 3 is 2.25 bits per heavy atom. The summed E-state index contributed by atoms with van der Waals surface area (Å²) in [6.45, 7) is 5.37. The Bertz CT molecular complexity index is 1140. The van der Waals surface area contributed by atoms with Gasteiger partial charge in [-0.25, -0.2) is 0 Å². The van der Waals surface area contributed by atoms with Gasteiger partial charge in [-0.2, -0.15) is 13.2 Å². The minimum atomic E-state index is -4.31. The first kappa shape index (κ1) is 26.0. The highest BCUT2D eigenvalue weighted by Gasteiger charge is 2.32. The van der Waals surface area contributed by atoms with Crippen LogP contribution < -0.4 is 5.32 Å².